The second-order valence-corrected chi connectivity index (χ2v) is 21.8. The number of nitrogens with zero attached hydrogens (tertiary/aromatic N) is 4. The average molecular weight is 960 g/mol. The van der Waals surface area contributed by atoms with Gasteiger partial charge in [0, 0.05) is 46.1 Å². The molecule has 362 valence electrons. The van der Waals surface area contributed by atoms with Gasteiger partial charge in [0.05, 0.1) is 41.3 Å². The maximum Gasteiger partial charge on any atom is 0.130 e. The summed E-state index contributed by atoms with van der Waals surface area (Å²) in [5, 5.41) is 3.96. The third-order valence-electron chi connectivity index (χ3n) is 17.5. The summed E-state index contributed by atoms with van der Waals surface area (Å²) in [5.41, 5.74) is 18.0. The van der Waals surface area contributed by atoms with E-state index in [0.717, 1.165) is 60.6 Å². The van der Waals surface area contributed by atoms with Gasteiger partial charge in [0.2, 0.25) is 0 Å². The molecule has 5 heteroatoms. The van der Waals surface area contributed by atoms with E-state index in [0.29, 0.717) is 5.92 Å². The first kappa shape index (κ1) is 44.7. The second kappa shape index (κ2) is 17.9. The van der Waals surface area contributed by atoms with Crippen molar-refractivity contribution < 1.29 is 0 Å². The van der Waals surface area contributed by atoms with E-state index >= 15 is 0 Å². The van der Waals surface area contributed by atoms with E-state index in [4.69, 9.17) is 9.98 Å². The summed E-state index contributed by atoms with van der Waals surface area (Å²) in [5.74, 6) is 1.49. The minimum Gasteiger partial charge on any atom is -0.359 e. The van der Waals surface area contributed by atoms with Crippen molar-refractivity contribution in [3.63, 3.8) is 0 Å². The van der Waals surface area contributed by atoms with Crippen molar-refractivity contribution in [1.82, 2.24) is 5.32 Å². The molecule has 0 radical (unpaired) electrons. The molecule has 0 saturated carbocycles. The number of fused-ring (bicyclic) bond motifs is 10. The highest BCUT2D eigenvalue weighted by atomic mass is 15.3. The Bertz CT molecular complexity index is 3540. The van der Waals surface area contributed by atoms with Crippen molar-refractivity contribution in [3.05, 3.63) is 281 Å². The molecule has 0 aromatic heterocycles. The topological polar surface area (TPSA) is 43.2 Å². The molecule has 5 nitrogen and oxygen atoms in total. The van der Waals surface area contributed by atoms with Gasteiger partial charge in [0.1, 0.15) is 5.84 Å². The SMILES string of the molecule is CC12C=CC=CC1C(C1=CC(N3c4ccccc4C4N(C5C=CC=C(C6=NC(c7ccc(C8C=CC=CC8)cc7)=CC(C7=CCCC=C7)N6)C5)c5ccccc5C4(C)c4ccccc43)CC=C1)=Nc1ccccc12. The summed E-state index contributed by atoms with van der Waals surface area (Å²) in [6.07, 6.45) is 46.5. The summed E-state index contributed by atoms with van der Waals surface area (Å²) in [4.78, 5) is 16.5. The van der Waals surface area contributed by atoms with Gasteiger partial charge in [-0.25, -0.2) is 4.99 Å². The number of hydrogen-bond acceptors (Lipinski definition) is 5. The lowest BCUT2D eigenvalue weighted by Crippen LogP contribution is -2.44. The number of benzene rings is 5. The molecule has 4 aliphatic heterocycles. The molecule has 5 aromatic rings. The van der Waals surface area contributed by atoms with Crippen LogP contribution in [0.4, 0.5) is 22.7 Å². The van der Waals surface area contributed by atoms with Crippen LogP contribution in [0.5, 0.6) is 0 Å². The van der Waals surface area contributed by atoms with E-state index in [1.807, 2.05) is 0 Å². The number of amidine groups is 1. The Labute approximate surface area is 436 Å². The van der Waals surface area contributed by atoms with E-state index in [2.05, 4.69) is 260 Å². The van der Waals surface area contributed by atoms with Gasteiger partial charge in [-0.2, -0.15) is 0 Å². The number of aliphatic imine (C=N–C) groups is 2. The van der Waals surface area contributed by atoms with Crippen molar-refractivity contribution in [3.8, 4) is 0 Å². The van der Waals surface area contributed by atoms with Gasteiger partial charge >= 0.3 is 0 Å². The van der Waals surface area contributed by atoms with Crippen LogP contribution >= 0.6 is 0 Å². The van der Waals surface area contributed by atoms with Crippen LogP contribution in [0.3, 0.4) is 0 Å². The van der Waals surface area contributed by atoms with Crippen molar-refractivity contribution in [2.24, 2.45) is 15.9 Å². The minimum absolute atomic E-state index is 0.00655. The predicted octanol–water partition coefficient (Wildman–Crippen LogP) is 15.6. The smallest absolute Gasteiger partial charge is 0.130 e. The molecule has 0 amide bonds. The van der Waals surface area contributed by atoms with Crippen LogP contribution in [0.1, 0.15) is 91.3 Å². The molecule has 9 aliphatic rings. The van der Waals surface area contributed by atoms with Crippen molar-refractivity contribution in [2.75, 3.05) is 9.80 Å². The third kappa shape index (κ3) is 7.18. The van der Waals surface area contributed by atoms with Gasteiger partial charge in [-0.3, -0.25) is 4.99 Å². The molecular formula is C69H61N5. The lowest BCUT2D eigenvalue weighted by molar-refractivity contribution is 0.446. The largest absolute Gasteiger partial charge is 0.359 e. The van der Waals surface area contributed by atoms with Crippen LogP contribution in [0.15, 0.2) is 257 Å². The number of rotatable bonds is 7. The van der Waals surface area contributed by atoms with Gasteiger partial charge in [-0.15, -0.1) is 0 Å². The summed E-state index contributed by atoms with van der Waals surface area (Å²) >= 11 is 0. The maximum absolute atomic E-state index is 5.52. The molecular weight excluding hydrogens is 899 g/mol. The Hall–Kier alpha value is -8.02. The molecule has 74 heavy (non-hydrogen) atoms. The Balaban J connectivity index is 0.848. The van der Waals surface area contributed by atoms with Crippen molar-refractivity contribution in [1.29, 1.82) is 0 Å². The molecule has 0 fully saturated rings. The van der Waals surface area contributed by atoms with E-state index in [1.165, 1.54) is 61.6 Å². The molecule has 0 saturated heterocycles. The zero-order chi connectivity index (χ0) is 49.4. The predicted molar refractivity (Wildman–Crippen MR) is 308 cm³/mol. The van der Waals surface area contributed by atoms with Crippen molar-refractivity contribution >= 4 is 40.0 Å². The van der Waals surface area contributed by atoms with Gasteiger partial charge in [0.15, 0.2) is 0 Å². The van der Waals surface area contributed by atoms with Crippen LogP contribution in [0.25, 0.3) is 5.70 Å². The summed E-state index contributed by atoms with van der Waals surface area (Å²) in [6, 6.07) is 45.8. The fraction of sp³-hybridized carbons (Fsp3) is 0.217. The molecule has 1 N–H and O–H groups in total. The lowest BCUT2D eigenvalue weighted by atomic mass is 9.64. The van der Waals surface area contributed by atoms with Crippen LogP contribution < -0.4 is 15.1 Å². The number of nitrogens with one attached hydrogen (secondary N) is 1. The first-order chi connectivity index (χ1) is 36.4. The molecule has 8 unspecified atom stereocenters. The van der Waals surface area contributed by atoms with Crippen LogP contribution in [-0.4, -0.2) is 29.7 Å². The van der Waals surface area contributed by atoms with E-state index in [1.54, 1.807) is 0 Å². The van der Waals surface area contributed by atoms with Gasteiger partial charge in [-0.1, -0.05) is 207 Å². The number of anilines is 3. The first-order valence-corrected chi connectivity index (χ1v) is 27.0. The third-order valence-corrected chi connectivity index (χ3v) is 17.5. The highest BCUT2D eigenvalue weighted by molar-refractivity contribution is 6.09. The molecule has 0 bridgehead atoms. The first-order valence-electron chi connectivity index (χ1n) is 27.0. The number of allylic oxidation sites excluding steroid dienone is 14. The molecule has 5 aromatic carbocycles. The van der Waals surface area contributed by atoms with Crippen LogP contribution in [-0.2, 0) is 10.8 Å². The Morgan fingerprint density at radius 1 is 0.622 bits per heavy atom. The Morgan fingerprint density at radius 3 is 2.22 bits per heavy atom. The Kier molecular flexibility index (Phi) is 10.8. The molecule has 5 aliphatic carbocycles. The molecule has 14 rings (SSSR count). The average Bonchev–Trinajstić information content (AvgIpc) is 3.69. The standard InChI is InChI=1S/C69H61N5/c1-68-42-18-17-33-58(68)65(70-59-34-13-10-30-55(59)68)50-25-19-27-52(43-50)73-62-35-14-9-29-54(62)66-69(2,56-31-11-15-36-63(56)73)57-32-12-16-37-64(57)74(66)53-28-20-26-51(44-53)67-71-60(48-23-7-4-8-24-48)45-61(72-67)49-40-38-47(39-41-49)46-21-5-3-6-22-46/h3,5-7,9-21,23-26,28-43,45-46,52-53,58,60,66H,4,8,22,27,44H2,1-2H3,(H,71,72). The molecule has 0 spiro atoms. The fourth-order valence-electron chi connectivity index (χ4n) is 13.9. The van der Waals surface area contributed by atoms with E-state index in [9.17, 15) is 0 Å². The zero-order valence-electron chi connectivity index (χ0n) is 42.2. The monoisotopic (exact) mass is 959 g/mol. The lowest BCUT2D eigenvalue weighted by Gasteiger charge is -2.42. The van der Waals surface area contributed by atoms with E-state index < -0.39 is 0 Å². The van der Waals surface area contributed by atoms with E-state index in [-0.39, 0.29) is 40.9 Å². The highest BCUT2D eigenvalue weighted by Gasteiger charge is 2.55. The second-order valence-electron chi connectivity index (χ2n) is 21.8. The zero-order valence-corrected chi connectivity index (χ0v) is 42.2. The summed E-state index contributed by atoms with van der Waals surface area (Å²) in [7, 11) is 0. The Morgan fingerprint density at radius 2 is 1.39 bits per heavy atom. The minimum atomic E-state index is -0.389. The molecule has 8 atom stereocenters. The highest BCUT2D eigenvalue weighted by Crippen LogP contribution is 2.63. The van der Waals surface area contributed by atoms with Crippen LogP contribution in [0.2, 0.25) is 0 Å². The number of hydrogen-bond donors (Lipinski definition) is 1. The van der Waals surface area contributed by atoms with Crippen LogP contribution in [0, 0.1) is 5.92 Å². The number of para-hydroxylation sites is 4. The fourth-order valence-corrected chi connectivity index (χ4v) is 13.9. The summed E-state index contributed by atoms with van der Waals surface area (Å²) < 4.78 is 0. The van der Waals surface area contributed by atoms with Crippen molar-refractivity contribution in [2.45, 2.75) is 86.9 Å². The maximum atomic E-state index is 5.52. The van der Waals surface area contributed by atoms with Gasteiger partial charge in [-0.05, 0) is 113 Å². The van der Waals surface area contributed by atoms with Gasteiger partial charge in [0.25, 0.3) is 0 Å². The van der Waals surface area contributed by atoms with Gasteiger partial charge < -0.3 is 15.1 Å². The quantitative estimate of drug-likeness (QED) is 0.177. The summed E-state index contributed by atoms with van der Waals surface area (Å²) in [6.45, 7) is 4.90. The normalized spacial score (nSPS) is 28.7. The molecule has 4 heterocycles.